The van der Waals surface area contributed by atoms with Crippen molar-refractivity contribution in [3.8, 4) is 0 Å². The van der Waals surface area contributed by atoms with Crippen molar-refractivity contribution in [3.63, 3.8) is 0 Å². The van der Waals surface area contributed by atoms with Gasteiger partial charge < -0.3 is 9.80 Å². The maximum Gasteiger partial charge on any atom is 0.271 e. The number of aromatic nitrogens is 1. The summed E-state index contributed by atoms with van der Waals surface area (Å²) in [6.45, 7) is 5.70. The van der Waals surface area contributed by atoms with Crippen molar-refractivity contribution in [3.05, 3.63) is 90.3 Å². The highest BCUT2D eigenvalue weighted by Crippen LogP contribution is 2.46. The second kappa shape index (κ2) is 8.95. The van der Waals surface area contributed by atoms with Gasteiger partial charge in [0.2, 0.25) is 0 Å². The average molecular weight is 514 g/mol. The zero-order valence-corrected chi connectivity index (χ0v) is 21.8. The van der Waals surface area contributed by atoms with Crippen LogP contribution in [0.15, 0.2) is 69.8 Å². The fourth-order valence-electron chi connectivity index (χ4n) is 4.09. The lowest BCUT2D eigenvalue weighted by atomic mass is 10.2. The Morgan fingerprint density at radius 3 is 2.70 bits per heavy atom. The van der Waals surface area contributed by atoms with Gasteiger partial charge >= 0.3 is 0 Å². The third kappa shape index (κ3) is 4.16. The molecule has 0 spiro atoms. The van der Waals surface area contributed by atoms with Crippen molar-refractivity contribution in [2.75, 3.05) is 11.9 Å². The number of hydrogen-bond donors (Lipinski definition) is 0. The lowest BCUT2D eigenvalue weighted by Crippen LogP contribution is -2.38. The Kier molecular flexibility index (Phi) is 6.16. The molecule has 0 N–H and O–H groups in total. The Morgan fingerprint density at radius 2 is 1.94 bits per heavy atom. The van der Waals surface area contributed by atoms with Crippen LogP contribution in [0.25, 0.3) is 11.1 Å². The smallest absolute Gasteiger partial charge is 0.271 e. The van der Waals surface area contributed by atoms with E-state index in [1.807, 2.05) is 42.8 Å². The lowest BCUT2D eigenvalue weighted by Gasteiger charge is -2.32. The van der Waals surface area contributed by atoms with Crippen LogP contribution >= 0.6 is 46.5 Å². The summed E-state index contributed by atoms with van der Waals surface area (Å²) >= 11 is 11.2. The first-order valence-corrected chi connectivity index (χ1v) is 13.6. The van der Waals surface area contributed by atoms with Gasteiger partial charge in [-0.05, 0) is 49.1 Å². The second-order valence-corrected chi connectivity index (χ2v) is 11.9. The number of thioether (sulfide) groups is 2. The zero-order chi connectivity index (χ0) is 23.2. The maximum absolute atomic E-state index is 13.5. The molecule has 4 nitrogen and oxygen atoms in total. The predicted octanol–water partition coefficient (Wildman–Crippen LogP) is 5.11. The maximum atomic E-state index is 13.5. The van der Waals surface area contributed by atoms with Crippen molar-refractivity contribution in [2.24, 2.45) is 0 Å². The number of benzene rings is 2. The molecule has 0 saturated carbocycles. The van der Waals surface area contributed by atoms with E-state index in [1.54, 1.807) is 34.9 Å². The molecule has 5 rings (SSSR count). The molecule has 1 aromatic heterocycles. The summed E-state index contributed by atoms with van der Waals surface area (Å²) in [5.74, 6) is 0. The highest BCUT2D eigenvalue weighted by molar-refractivity contribution is 8.08. The Morgan fingerprint density at radius 1 is 1.15 bits per heavy atom. The minimum Gasteiger partial charge on any atom is -0.355 e. The molecule has 2 aliphatic heterocycles. The highest BCUT2D eigenvalue weighted by atomic mass is 35.5. The first-order valence-electron chi connectivity index (χ1n) is 10.7. The summed E-state index contributed by atoms with van der Waals surface area (Å²) < 4.78 is 3.66. The summed E-state index contributed by atoms with van der Waals surface area (Å²) in [5.41, 5.74) is 2.41. The molecule has 0 amide bonds. The summed E-state index contributed by atoms with van der Waals surface area (Å²) in [5, 5.41) is 3.81. The van der Waals surface area contributed by atoms with Gasteiger partial charge in [0, 0.05) is 36.3 Å². The molecular formula is C25H24ClN3OS3. The van der Waals surface area contributed by atoms with E-state index in [4.69, 9.17) is 11.6 Å². The summed E-state index contributed by atoms with van der Waals surface area (Å²) in [6.07, 6.45) is 4.39. The minimum atomic E-state index is -0.267. The number of thiazole rings is 1. The van der Waals surface area contributed by atoms with E-state index >= 15 is 0 Å². The average Bonchev–Trinajstić information content (AvgIpc) is 3.42. The molecule has 0 saturated heterocycles. The molecule has 3 heterocycles. The molecule has 1 unspecified atom stereocenters. The van der Waals surface area contributed by atoms with Gasteiger partial charge in [-0.1, -0.05) is 53.7 Å². The molecular weight excluding hydrogens is 490 g/mol. The van der Waals surface area contributed by atoms with Gasteiger partial charge in [0.15, 0.2) is 0 Å². The normalized spacial score (nSPS) is 21.9. The Bertz CT molecular complexity index is 1410. The van der Waals surface area contributed by atoms with Gasteiger partial charge in [-0.2, -0.15) is 0 Å². The van der Waals surface area contributed by atoms with Crippen LogP contribution in [0.4, 0.5) is 5.69 Å². The van der Waals surface area contributed by atoms with Gasteiger partial charge in [-0.15, -0.1) is 23.1 Å². The molecule has 3 aromatic rings. The van der Waals surface area contributed by atoms with Crippen LogP contribution in [-0.2, 0) is 13.1 Å². The molecule has 1 atom stereocenters. The molecule has 0 bridgehead atoms. The fraction of sp³-hybridized carbons (Fsp3) is 0.240. The Labute approximate surface area is 210 Å². The summed E-state index contributed by atoms with van der Waals surface area (Å²) in [4.78, 5) is 18.7. The molecule has 2 aliphatic rings. The SMILES string of the molecule is CCn1c(=O)/c(=C2\Sc3cc(Cl)ccc3N2C)s/c1=C\C1(C)SC=CN1Cc1ccccc1. The summed E-state index contributed by atoms with van der Waals surface area (Å²) in [6, 6.07) is 16.4. The third-order valence-electron chi connectivity index (χ3n) is 5.92. The van der Waals surface area contributed by atoms with E-state index in [-0.39, 0.29) is 10.4 Å². The first kappa shape index (κ1) is 22.7. The van der Waals surface area contributed by atoms with E-state index in [1.165, 1.54) is 5.56 Å². The predicted molar refractivity (Wildman–Crippen MR) is 144 cm³/mol. The standard InChI is InChI=1S/C25H24ClN3OS3/c1-4-29-21(15-25(2)28(12-13-31-25)16-17-8-6-5-7-9-17)33-22(23(29)30)24-27(3)19-11-10-18(26)14-20(19)32-24/h5-15H,4,16H2,1-3H3/b21-15-,24-22+. The van der Waals surface area contributed by atoms with Crippen LogP contribution in [0.3, 0.4) is 0 Å². The van der Waals surface area contributed by atoms with E-state index < -0.39 is 0 Å². The lowest BCUT2D eigenvalue weighted by molar-refractivity contribution is 0.320. The molecule has 8 heteroatoms. The number of halogens is 1. The quantitative estimate of drug-likeness (QED) is 0.483. The fourth-order valence-corrected chi connectivity index (χ4v) is 7.93. The number of hydrogen-bond acceptors (Lipinski definition) is 6. The van der Waals surface area contributed by atoms with Gasteiger partial charge in [0.25, 0.3) is 5.56 Å². The van der Waals surface area contributed by atoms with Crippen molar-refractivity contribution in [1.29, 1.82) is 0 Å². The number of fused-ring (bicyclic) bond motifs is 1. The zero-order valence-electron chi connectivity index (χ0n) is 18.6. The van der Waals surface area contributed by atoms with Crippen LogP contribution in [0, 0.1) is 0 Å². The van der Waals surface area contributed by atoms with Crippen molar-refractivity contribution < 1.29 is 0 Å². The Hall–Kier alpha value is -2.06. The van der Waals surface area contributed by atoms with Gasteiger partial charge in [-0.25, -0.2) is 0 Å². The van der Waals surface area contributed by atoms with Crippen molar-refractivity contribution in [1.82, 2.24) is 9.47 Å². The van der Waals surface area contributed by atoms with Crippen LogP contribution in [0.2, 0.25) is 5.02 Å². The molecule has 2 aromatic carbocycles. The largest absolute Gasteiger partial charge is 0.355 e. The molecule has 0 fully saturated rings. The van der Waals surface area contributed by atoms with E-state index in [9.17, 15) is 4.79 Å². The van der Waals surface area contributed by atoms with Crippen molar-refractivity contribution in [2.45, 2.75) is 36.7 Å². The number of rotatable bonds is 4. The Balaban J connectivity index is 1.58. The molecule has 0 aliphatic carbocycles. The minimum absolute atomic E-state index is 0.0659. The highest BCUT2D eigenvalue weighted by Gasteiger charge is 2.32. The van der Waals surface area contributed by atoms with E-state index in [0.717, 1.165) is 31.4 Å². The van der Waals surface area contributed by atoms with Crippen molar-refractivity contribution >= 4 is 63.3 Å². The van der Waals surface area contributed by atoms with Gasteiger partial charge in [0.1, 0.15) is 14.4 Å². The number of nitrogens with zero attached hydrogens (tertiary/aromatic N) is 3. The molecule has 33 heavy (non-hydrogen) atoms. The molecule has 0 radical (unpaired) electrons. The van der Waals surface area contributed by atoms with Crippen LogP contribution in [-0.4, -0.2) is 21.4 Å². The summed E-state index contributed by atoms with van der Waals surface area (Å²) in [7, 11) is 2.01. The molecule has 170 valence electrons. The van der Waals surface area contributed by atoms with E-state index in [0.29, 0.717) is 11.6 Å². The van der Waals surface area contributed by atoms with Gasteiger partial charge in [-0.3, -0.25) is 9.36 Å². The number of anilines is 1. The topological polar surface area (TPSA) is 28.5 Å². The van der Waals surface area contributed by atoms with Gasteiger partial charge in [0.05, 0.1) is 10.4 Å². The monoisotopic (exact) mass is 513 g/mol. The second-order valence-electron chi connectivity index (χ2n) is 8.11. The van der Waals surface area contributed by atoms with Crippen LogP contribution in [0.1, 0.15) is 19.4 Å². The van der Waals surface area contributed by atoms with Crippen LogP contribution in [0.5, 0.6) is 0 Å². The third-order valence-corrected chi connectivity index (χ3v) is 9.71. The first-order chi connectivity index (χ1) is 15.9. The van der Waals surface area contributed by atoms with E-state index in [2.05, 4.69) is 58.7 Å². The van der Waals surface area contributed by atoms with Crippen LogP contribution < -0.4 is 19.7 Å².